The van der Waals surface area contributed by atoms with Crippen molar-refractivity contribution < 1.29 is 0 Å². The predicted molar refractivity (Wildman–Crippen MR) is 40.9 cm³/mol. The molecule has 1 heteroatoms. The van der Waals surface area contributed by atoms with E-state index in [1.807, 2.05) is 6.07 Å². The normalized spacial score (nSPS) is 7.11. The summed E-state index contributed by atoms with van der Waals surface area (Å²) in [6.07, 6.45) is 0. The molecule has 0 spiro atoms. The molecule has 0 bridgehead atoms. The van der Waals surface area contributed by atoms with Crippen LogP contribution < -0.4 is 0 Å². The van der Waals surface area contributed by atoms with E-state index in [-0.39, 0.29) is 0 Å². The summed E-state index contributed by atoms with van der Waals surface area (Å²) in [4.78, 5) is 0. The Morgan fingerprint density at radius 1 is 1.44 bits per heavy atom. The third kappa shape index (κ3) is 131. The molecule has 1 nitrogen and oxygen atoms in total. The van der Waals surface area contributed by atoms with Crippen molar-refractivity contribution in [1.29, 1.82) is 5.26 Å². The summed E-state index contributed by atoms with van der Waals surface area (Å²) in [7, 11) is 0. The molecule has 0 N–H and O–H groups in total. The Labute approximate surface area is 58.0 Å². The molecule has 0 aromatic rings. The topological polar surface area (TPSA) is 23.8 Å². The zero-order valence-corrected chi connectivity index (χ0v) is 6.73. The van der Waals surface area contributed by atoms with Gasteiger partial charge in [-0.3, -0.25) is 0 Å². The van der Waals surface area contributed by atoms with Crippen molar-refractivity contribution in [2.24, 2.45) is 5.92 Å². The molecule has 0 aliphatic carbocycles. The zero-order chi connectivity index (χ0) is 7.86. The quantitative estimate of drug-likeness (QED) is 0.457. The average molecular weight is 125 g/mol. The lowest BCUT2D eigenvalue weighted by atomic mass is 10.3. The Bertz CT molecular complexity index is 103. The third-order valence-electron chi connectivity index (χ3n) is 0.191. The van der Waals surface area contributed by atoms with Crippen LogP contribution in [0.15, 0.2) is 12.2 Å². The second-order valence-electron chi connectivity index (χ2n) is 2.62. The highest BCUT2D eigenvalue weighted by molar-refractivity contribution is 5.11. The van der Waals surface area contributed by atoms with Gasteiger partial charge in [-0.25, -0.2) is 0 Å². The Kier molecular flexibility index (Phi) is 8.90. The molecule has 0 rings (SSSR count). The van der Waals surface area contributed by atoms with Gasteiger partial charge in [0.2, 0.25) is 0 Å². The fourth-order valence-electron chi connectivity index (χ4n) is 0. The van der Waals surface area contributed by atoms with Crippen LogP contribution in [0.2, 0.25) is 0 Å². The van der Waals surface area contributed by atoms with Gasteiger partial charge in [0.1, 0.15) is 0 Å². The molecule has 0 aliphatic rings. The van der Waals surface area contributed by atoms with Crippen LogP contribution >= 0.6 is 0 Å². The lowest BCUT2D eigenvalue weighted by Gasteiger charge is -1.79. The highest BCUT2D eigenvalue weighted by Crippen LogP contribution is 1.81. The largest absolute Gasteiger partial charge is 0.193 e. The first kappa shape index (κ1) is 11.1. The summed E-state index contributed by atoms with van der Waals surface area (Å²) in [5.41, 5.74) is 0.560. The lowest BCUT2D eigenvalue weighted by molar-refractivity contribution is 0.737. The molecule has 0 aromatic carbocycles. The summed E-state index contributed by atoms with van der Waals surface area (Å²) >= 11 is 0. The van der Waals surface area contributed by atoms with Crippen LogP contribution in [0.5, 0.6) is 0 Å². The second-order valence-corrected chi connectivity index (χ2v) is 2.62. The van der Waals surface area contributed by atoms with Gasteiger partial charge in [0, 0.05) is 5.57 Å². The molecule has 9 heavy (non-hydrogen) atoms. The van der Waals surface area contributed by atoms with Crippen LogP contribution in [0.3, 0.4) is 0 Å². The maximum atomic E-state index is 7.79. The van der Waals surface area contributed by atoms with E-state index in [9.17, 15) is 0 Å². The van der Waals surface area contributed by atoms with E-state index in [0.29, 0.717) is 5.57 Å². The smallest absolute Gasteiger partial charge is 0.0937 e. The lowest BCUT2D eigenvalue weighted by Crippen LogP contribution is -1.66. The van der Waals surface area contributed by atoms with Crippen LogP contribution in [-0.2, 0) is 0 Å². The average Bonchev–Trinajstić information content (AvgIpc) is 1.65. The van der Waals surface area contributed by atoms with Crippen LogP contribution in [0.4, 0.5) is 0 Å². The Morgan fingerprint density at radius 2 is 1.56 bits per heavy atom. The van der Waals surface area contributed by atoms with Crippen molar-refractivity contribution in [3.8, 4) is 6.07 Å². The first-order chi connectivity index (χ1) is 4.00. The van der Waals surface area contributed by atoms with Crippen molar-refractivity contribution in [2.45, 2.75) is 27.7 Å². The fraction of sp³-hybridized carbons (Fsp3) is 0.625. The summed E-state index contributed by atoms with van der Waals surface area (Å²) in [5, 5.41) is 7.79. The highest BCUT2D eigenvalue weighted by atomic mass is 14.2. The van der Waals surface area contributed by atoms with Crippen LogP contribution in [0, 0.1) is 17.2 Å². The molecule has 0 aromatic heterocycles. The molecule has 0 amide bonds. The molecule has 0 atom stereocenters. The maximum absolute atomic E-state index is 7.79. The minimum atomic E-state index is 0.560. The molecule has 0 radical (unpaired) electrons. The number of nitriles is 1. The first-order valence-electron chi connectivity index (χ1n) is 3.06. The fourth-order valence-corrected chi connectivity index (χ4v) is 0. The van der Waals surface area contributed by atoms with Gasteiger partial charge < -0.3 is 0 Å². The summed E-state index contributed by atoms with van der Waals surface area (Å²) in [6, 6.07) is 1.83. The van der Waals surface area contributed by atoms with Gasteiger partial charge in [-0.2, -0.15) is 5.26 Å². The van der Waals surface area contributed by atoms with Crippen molar-refractivity contribution in [3.63, 3.8) is 0 Å². The molecule has 0 heterocycles. The van der Waals surface area contributed by atoms with Gasteiger partial charge in [-0.05, 0) is 12.8 Å². The van der Waals surface area contributed by atoms with Crippen LogP contribution in [-0.4, -0.2) is 0 Å². The monoisotopic (exact) mass is 125 g/mol. The molecule has 0 saturated heterocycles. The minimum absolute atomic E-state index is 0.560. The minimum Gasteiger partial charge on any atom is -0.193 e. The molecule has 0 saturated carbocycles. The van der Waals surface area contributed by atoms with Gasteiger partial charge in [0.25, 0.3) is 0 Å². The second kappa shape index (κ2) is 7.23. The van der Waals surface area contributed by atoms with E-state index in [1.54, 1.807) is 6.92 Å². The van der Waals surface area contributed by atoms with Crippen molar-refractivity contribution in [1.82, 2.24) is 0 Å². The molecule has 0 fully saturated rings. The summed E-state index contributed by atoms with van der Waals surface area (Å²) in [5.74, 6) is 0.833. The van der Waals surface area contributed by atoms with Crippen LogP contribution in [0.1, 0.15) is 27.7 Å². The van der Waals surface area contributed by atoms with Gasteiger partial charge in [0.15, 0.2) is 0 Å². The van der Waals surface area contributed by atoms with Crippen LogP contribution in [0.25, 0.3) is 0 Å². The first-order valence-corrected chi connectivity index (χ1v) is 3.06. The zero-order valence-electron chi connectivity index (χ0n) is 6.73. The van der Waals surface area contributed by atoms with Gasteiger partial charge in [-0.15, -0.1) is 0 Å². The number of allylic oxidation sites excluding steroid dienone is 1. The van der Waals surface area contributed by atoms with Gasteiger partial charge in [0.05, 0.1) is 6.07 Å². The number of hydrogen-bond donors (Lipinski definition) is 0. The third-order valence-corrected chi connectivity index (χ3v) is 0.191. The Balaban J connectivity index is 0. The van der Waals surface area contributed by atoms with E-state index in [1.165, 1.54) is 0 Å². The maximum Gasteiger partial charge on any atom is 0.0937 e. The van der Waals surface area contributed by atoms with E-state index < -0.39 is 0 Å². The number of hydrogen-bond acceptors (Lipinski definition) is 1. The van der Waals surface area contributed by atoms with Crippen molar-refractivity contribution >= 4 is 0 Å². The number of nitrogens with zero attached hydrogens (tertiary/aromatic N) is 1. The standard InChI is InChI=1S/C4H5N.C4H10/c1-4(2)3-5;1-4(2)3/h1H2,2H3;4H,1-3H3. The molecule has 0 unspecified atom stereocenters. The van der Waals surface area contributed by atoms with Gasteiger partial charge in [-0.1, -0.05) is 27.4 Å². The van der Waals surface area contributed by atoms with E-state index >= 15 is 0 Å². The SMILES string of the molecule is C=C(C)C#N.CC(C)C. The van der Waals surface area contributed by atoms with E-state index in [4.69, 9.17) is 5.26 Å². The van der Waals surface area contributed by atoms with E-state index in [0.717, 1.165) is 5.92 Å². The highest BCUT2D eigenvalue weighted by Gasteiger charge is 1.68. The Morgan fingerprint density at radius 3 is 1.56 bits per heavy atom. The number of rotatable bonds is 0. The summed E-state index contributed by atoms with van der Waals surface area (Å²) < 4.78 is 0. The summed E-state index contributed by atoms with van der Waals surface area (Å²) in [6.45, 7) is 11.5. The van der Waals surface area contributed by atoms with Gasteiger partial charge >= 0.3 is 0 Å². The predicted octanol–water partition coefficient (Wildman–Crippen LogP) is 2.75. The van der Waals surface area contributed by atoms with Crippen molar-refractivity contribution in [3.05, 3.63) is 12.2 Å². The Hall–Kier alpha value is -0.770. The molecular weight excluding hydrogens is 110 g/mol. The van der Waals surface area contributed by atoms with E-state index in [2.05, 4.69) is 27.4 Å². The molecule has 0 aliphatic heterocycles. The molecule has 52 valence electrons. The molecular formula is C8H15N. The van der Waals surface area contributed by atoms with Crippen molar-refractivity contribution in [2.75, 3.05) is 0 Å².